The summed E-state index contributed by atoms with van der Waals surface area (Å²) >= 11 is 4.70. The van der Waals surface area contributed by atoms with Crippen molar-refractivity contribution in [2.75, 3.05) is 5.33 Å². The number of halogens is 1. The van der Waals surface area contributed by atoms with Gasteiger partial charge in [0.2, 0.25) is 0 Å². The summed E-state index contributed by atoms with van der Waals surface area (Å²) in [6.45, 7) is 0.972. The van der Waals surface area contributed by atoms with Gasteiger partial charge >= 0.3 is 44.6 Å². The van der Waals surface area contributed by atoms with E-state index in [1.165, 1.54) is 28.6 Å². The Morgan fingerprint density at radius 1 is 1.88 bits per heavy atom. The van der Waals surface area contributed by atoms with Gasteiger partial charge in [-0.15, -0.1) is 0 Å². The zero-order chi connectivity index (χ0) is 6.99. The van der Waals surface area contributed by atoms with Gasteiger partial charge in [0.25, 0.3) is 0 Å². The van der Waals surface area contributed by atoms with Crippen LogP contribution in [-0.4, -0.2) is 11.3 Å². The molecule has 4 heteroatoms. The molecule has 2 nitrogen and oxygen atoms in total. The second kappa shape index (κ2) is 10.5. The maximum atomic E-state index is 8.89. The molecule has 0 bridgehead atoms. The third-order valence-electron chi connectivity index (χ3n) is 0.134. The molecule has 0 fully saturated rings. The molecule has 0 aromatic carbocycles. The summed E-state index contributed by atoms with van der Waals surface area (Å²) in [6.07, 6.45) is 0. The molecule has 0 aliphatic rings. The summed E-state index contributed by atoms with van der Waals surface area (Å²) in [6, 6.07) is 0. The van der Waals surface area contributed by atoms with E-state index in [9.17, 15) is 0 Å². The number of carboxylic acids is 1. The molecule has 0 saturated heterocycles. The molecule has 8 heavy (non-hydrogen) atoms. The van der Waals surface area contributed by atoms with Crippen molar-refractivity contribution in [1.82, 2.24) is 0 Å². The van der Waals surface area contributed by atoms with Crippen molar-refractivity contribution in [2.24, 2.45) is 0 Å². The number of carboxylic acid groups (broad SMARTS) is 1. The minimum absolute atomic E-state index is 0.972. The standard InChI is InChI=1S/C2H4Br.C2H4O2.Zn/c1-2-3;1-2(3)4;/h1-2H2;1H3,(H,3,4);/q;;+1/p-1. The van der Waals surface area contributed by atoms with Crippen molar-refractivity contribution in [1.29, 1.82) is 0 Å². The number of carbonyl (C=O) groups excluding carboxylic acids is 1. The van der Waals surface area contributed by atoms with Crippen molar-refractivity contribution in [2.45, 2.75) is 11.9 Å². The first-order valence-corrected chi connectivity index (χ1v) is 5.40. The molecule has 0 radical (unpaired) electrons. The summed E-state index contributed by atoms with van der Waals surface area (Å²) in [4.78, 5) is 8.89. The first-order valence-electron chi connectivity index (χ1n) is 2.18. The van der Waals surface area contributed by atoms with Gasteiger partial charge in [0.1, 0.15) is 0 Å². The zero-order valence-electron chi connectivity index (χ0n) is 4.82. The van der Waals surface area contributed by atoms with Crippen molar-refractivity contribution in [3.8, 4) is 0 Å². The quantitative estimate of drug-likeness (QED) is 0.475. The number of alkyl halides is 1. The fraction of sp³-hybridized carbons (Fsp3) is 0.750. The Bertz CT molecular complexity index is 52.0. The molecule has 0 aromatic rings. The molecule has 0 spiro atoms. The van der Waals surface area contributed by atoms with E-state index in [0.29, 0.717) is 0 Å². The molecule has 0 atom stereocenters. The molecule has 0 heterocycles. The Morgan fingerprint density at radius 2 is 2.00 bits per heavy atom. The van der Waals surface area contributed by atoms with Gasteiger partial charge in [-0.1, -0.05) is 0 Å². The van der Waals surface area contributed by atoms with Crippen LogP contribution in [0.25, 0.3) is 0 Å². The predicted octanol–water partition coefficient (Wildman–Crippen LogP) is 0.103. The van der Waals surface area contributed by atoms with E-state index in [0.717, 1.165) is 6.92 Å². The van der Waals surface area contributed by atoms with E-state index >= 15 is 0 Å². The molecule has 44 valence electrons. The molecule has 0 unspecified atom stereocenters. The van der Waals surface area contributed by atoms with Gasteiger partial charge in [-0.25, -0.2) is 0 Å². The first-order chi connectivity index (χ1) is 3.65. The van der Waals surface area contributed by atoms with Crippen LogP contribution >= 0.6 is 15.9 Å². The van der Waals surface area contributed by atoms with E-state index < -0.39 is 5.97 Å². The van der Waals surface area contributed by atoms with Crippen molar-refractivity contribution in [3.63, 3.8) is 0 Å². The third kappa shape index (κ3) is 82.5. The number of aliphatic carboxylic acids is 1. The Hall–Kier alpha value is 0.573. The molecule has 0 amide bonds. The van der Waals surface area contributed by atoms with Crippen LogP contribution in [0.5, 0.6) is 0 Å². The second-order valence-electron chi connectivity index (χ2n) is 1.03. The molecule has 0 N–H and O–H groups in total. The summed E-state index contributed by atoms with van der Waals surface area (Å²) in [7, 11) is 0. The van der Waals surface area contributed by atoms with Crippen LogP contribution in [0.3, 0.4) is 0 Å². The molecule has 0 saturated carbocycles. The van der Waals surface area contributed by atoms with E-state index in [4.69, 9.17) is 9.90 Å². The molecular formula is C4H7BrO2Zn. The topological polar surface area (TPSA) is 40.1 Å². The van der Waals surface area contributed by atoms with E-state index in [2.05, 4.69) is 15.9 Å². The van der Waals surface area contributed by atoms with Gasteiger partial charge < -0.3 is 9.90 Å². The summed E-state index contributed by atoms with van der Waals surface area (Å²) < 4.78 is 0. The van der Waals surface area contributed by atoms with Gasteiger partial charge in [-0.05, 0) is 6.92 Å². The number of hydrogen-bond donors (Lipinski definition) is 0. The molecule has 0 rings (SSSR count). The van der Waals surface area contributed by atoms with Gasteiger partial charge in [0.15, 0.2) is 0 Å². The monoisotopic (exact) mass is 230 g/mol. The van der Waals surface area contributed by atoms with Crippen LogP contribution in [0.1, 0.15) is 6.92 Å². The Morgan fingerprint density at radius 3 is 2.00 bits per heavy atom. The predicted molar refractivity (Wildman–Crippen MR) is 29.3 cm³/mol. The molecular weight excluding hydrogens is 225 g/mol. The van der Waals surface area contributed by atoms with Gasteiger partial charge in [0, 0.05) is 5.97 Å². The molecule has 0 aromatic heterocycles. The van der Waals surface area contributed by atoms with Crippen LogP contribution in [0.2, 0.25) is 5.02 Å². The number of rotatable bonds is 1. The van der Waals surface area contributed by atoms with E-state index in [-0.39, 0.29) is 0 Å². The zero-order valence-corrected chi connectivity index (χ0v) is 9.37. The Labute approximate surface area is 67.5 Å². The van der Waals surface area contributed by atoms with Crippen molar-refractivity contribution in [3.05, 3.63) is 0 Å². The van der Waals surface area contributed by atoms with E-state index in [1.54, 1.807) is 0 Å². The molecule has 0 aliphatic heterocycles. The second-order valence-corrected chi connectivity index (χ2v) is 3.31. The third-order valence-corrected chi connectivity index (χ3v) is 3.61. The number of carbonyl (C=O) groups is 1. The maximum absolute atomic E-state index is 8.89. The van der Waals surface area contributed by atoms with Crippen molar-refractivity contribution < 1.29 is 28.2 Å². The average Bonchev–Trinajstić information content (AvgIpc) is 1.65. The van der Waals surface area contributed by atoms with E-state index in [1.807, 2.05) is 0 Å². The van der Waals surface area contributed by atoms with Crippen LogP contribution < -0.4 is 5.11 Å². The normalized spacial score (nSPS) is 7.00. The molecule has 0 aliphatic carbocycles. The average molecular weight is 232 g/mol. The van der Waals surface area contributed by atoms with Gasteiger partial charge in [-0.2, -0.15) is 0 Å². The summed E-state index contributed by atoms with van der Waals surface area (Å²) in [5, 5.41) is 11.4. The fourth-order valence-corrected chi connectivity index (χ4v) is 0. The van der Waals surface area contributed by atoms with Crippen LogP contribution in [-0.2, 0) is 23.1 Å². The van der Waals surface area contributed by atoms with Gasteiger partial charge in [0.05, 0.1) is 0 Å². The van der Waals surface area contributed by atoms with Crippen molar-refractivity contribution >= 4 is 21.9 Å². The summed E-state index contributed by atoms with van der Waals surface area (Å²) in [5.74, 6) is -1.08. The fourth-order valence-electron chi connectivity index (χ4n) is 0. The summed E-state index contributed by atoms with van der Waals surface area (Å²) in [5.41, 5.74) is 0. The van der Waals surface area contributed by atoms with Crippen LogP contribution in [0.4, 0.5) is 0 Å². The van der Waals surface area contributed by atoms with Crippen LogP contribution in [0.15, 0.2) is 0 Å². The SMILES string of the molecule is CC(=O)[O-].[Zn+][CH2]CBr. The first kappa shape index (κ1) is 11.4. The minimum atomic E-state index is -1.08. The Balaban J connectivity index is 0. The Kier molecular flexibility index (Phi) is 15.0. The van der Waals surface area contributed by atoms with Crippen LogP contribution in [0, 0.1) is 0 Å². The van der Waals surface area contributed by atoms with Gasteiger partial charge in [-0.3, -0.25) is 0 Å². The number of hydrogen-bond acceptors (Lipinski definition) is 2.